The summed E-state index contributed by atoms with van der Waals surface area (Å²) in [7, 11) is -1.27. The van der Waals surface area contributed by atoms with Crippen LogP contribution in [0.1, 0.15) is 47.0 Å². The van der Waals surface area contributed by atoms with Crippen LogP contribution in [0.15, 0.2) is 23.6 Å². The van der Waals surface area contributed by atoms with E-state index >= 15 is 0 Å². The van der Waals surface area contributed by atoms with E-state index in [1.54, 1.807) is 13.8 Å². The number of carbonyl (C=O) groups excluding carboxylic acids is 3. The number of ether oxygens (including phenoxy) is 3. The maximum Gasteiger partial charge on any atom is 0.331 e. The van der Waals surface area contributed by atoms with Crippen LogP contribution in [0, 0.1) is 28.6 Å². The Bertz CT molecular complexity index is 829. The molecule has 0 N–H and O–H groups in total. The summed E-state index contributed by atoms with van der Waals surface area (Å²) in [5, 5.41) is 1.27. The van der Waals surface area contributed by atoms with Crippen LogP contribution in [0.4, 0.5) is 0 Å². The van der Waals surface area contributed by atoms with Gasteiger partial charge in [-0.2, -0.15) is 0 Å². The van der Waals surface area contributed by atoms with Crippen molar-refractivity contribution >= 4 is 28.7 Å². The molecule has 0 radical (unpaired) electrons. The number of hydrogen-bond donors (Lipinski definition) is 0. The molecule has 1 unspecified atom stereocenters. The zero-order valence-electron chi connectivity index (χ0n) is 18.8. The fraction of sp³-hybridized carbons (Fsp3) is 0.696. The Morgan fingerprint density at radius 1 is 1.29 bits per heavy atom. The van der Waals surface area contributed by atoms with Gasteiger partial charge >= 0.3 is 17.9 Å². The molecule has 2 aliphatic carbocycles. The summed E-state index contributed by atoms with van der Waals surface area (Å²) in [6, 6.07) is 0. The van der Waals surface area contributed by atoms with E-state index in [2.05, 4.69) is 20.4 Å². The lowest BCUT2D eigenvalue weighted by Gasteiger charge is -2.46. The van der Waals surface area contributed by atoms with Crippen molar-refractivity contribution < 1.29 is 32.8 Å². The molecule has 1 aliphatic heterocycles. The SMILES string of the molecule is C=C1COC(=O)[C@]12C[C@@]1(C)[C@@H]([C@@H](OC(=O)/C=C\S(C)=O)CC[C@@H]1C)[C@H]2OC(=O)C(C)C. The molecule has 1 spiro atoms. The van der Waals surface area contributed by atoms with Gasteiger partial charge in [0.2, 0.25) is 0 Å². The molecule has 1 saturated heterocycles. The van der Waals surface area contributed by atoms with Crippen LogP contribution in [0.2, 0.25) is 0 Å². The summed E-state index contributed by atoms with van der Waals surface area (Å²) in [5.41, 5.74) is -0.948. The molecule has 7 nitrogen and oxygen atoms in total. The monoisotopic (exact) mass is 452 g/mol. The van der Waals surface area contributed by atoms with Crippen molar-refractivity contribution in [2.24, 2.45) is 28.6 Å². The highest BCUT2D eigenvalue weighted by molar-refractivity contribution is 7.87. The summed E-state index contributed by atoms with van der Waals surface area (Å²) < 4.78 is 28.4. The molecule has 0 amide bonds. The van der Waals surface area contributed by atoms with Crippen molar-refractivity contribution in [2.45, 2.75) is 59.2 Å². The van der Waals surface area contributed by atoms with Gasteiger partial charge in [0.1, 0.15) is 24.2 Å². The first-order valence-corrected chi connectivity index (χ1v) is 12.3. The number of hydrogen-bond acceptors (Lipinski definition) is 7. The summed E-state index contributed by atoms with van der Waals surface area (Å²) in [6.07, 6.45) is 3.08. The smallest absolute Gasteiger partial charge is 0.331 e. The Hall–Kier alpha value is -1.96. The molecule has 0 aromatic rings. The summed E-state index contributed by atoms with van der Waals surface area (Å²) in [4.78, 5) is 38.1. The number of fused-ring (bicyclic) bond motifs is 1. The molecule has 0 aromatic heterocycles. The molecule has 3 rings (SSSR count). The van der Waals surface area contributed by atoms with Crippen molar-refractivity contribution in [3.63, 3.8) is 0 Å². The normalized spacial score (nSPS) is 38.4. The van der Waals surface area contributed by atoms with E-state index < -0.39 is 51.7 Å². The first-order valence-electron chi connectivity index (χ1n) is 10.7. The third-order valence-corrected chi connectivity index (χ3v) is 7.91. The molecule has 7 atom stereocenters. The second-order valence-electron chi connectivity index (χ2n) is 9.63. The predicted octanol–water partition coefficient (Wildman–Crippen LogP) is 2.91. The Kier molecular flexibility index (Phi) is 6.52. The van der Waals surface area contributed by atoms with Gasteiger partial charge in [-0.15, -0.1) is 0 Å². The molecule has 3 aliphatic rings. The van der Waals surface area contributed by atoms with E-state index in [-0.39, 0.29) is 24.4 Å². The lowest BCUT2D eigenvalue weighted by Crippen LogP contribution is -2.50. The van der Waals surface area contributed by atoms with E-state index in [1.165, 1.54) is 11.7 Å². The van der Waals surface area contributed by atoms with Crippen LogP contribution >= 0.6 is 0 Å². The average molecular weight is 453 g/mol. The molecule has 31 heavy (non-hydrogen) atoms. The van der Waals surface area contributed by atoms with E-state index in [0.717, 1.165) is 12.5 Å². The van der Waals surface area contributed by atoms with E-state index in [9.17, 15) is 18.6 Å². The second-order valence-corrected chi connectivity index (χ2v) is 10.9. The van der Waals surface area contributed by atoms with Gasteiger partial charge in [-0.25, -0.2) is 4.79 Å². The van der Waals surface area contributed by atoms with Crippen LogP contribution in [0.3, 0.4) is 0 Å². The standard InChI is InChI=1S/C23H32O7S/c1-13(2)20(25)30-19-18-16(29-17(24)9-10-31(6)27)8-7-14(3)22(18,5)12-23(19)15(4)11-28-21(23)26/h9-10,13-14,16,18-19H,4,7-8,11-12H2,1-3,5-6H3/b10-9-/t14-,16-,18-,19+,22+,23+,31?/m0/s1. The third-order valence-electron chi connectivity index (χ3n) is 7.39. The van der Waals surface area contributed by atoms with Gasteiger partial charge in [0, 0.05) is 34.5 Å². The fourth-order valence-corrected chi connectivity index (χ4v) is 5.80. The maximum atomic E-state index is 13.0. The van der Waals surface area contributed by atoms with Gasteiger partial charge < -0.3 is 14.2 Å². The predicted molar refractivity (Wildman–Crippen MR) is 115 cm³/mol. The number of esters is 3. The average Bonchev–Trinajstić information content (AvgIpc) is 3.13. The number of rotatable bonds is 5. The Morgan fingerprint density at radius 2 is 1.97 bits per heavy atom. The maximum absolute atomic E-state index is 13.0. The first-order chi connectivity index (χ1) is 14.4. The summed E-state index contributed by atoms with van der Waals surface area (Å²) in [5.74, 6) is -1.98. The minimum absolute atomic E-state index is 0.0985. The topological polar surface area (TPSA) is 96.0 Å². The largest absolute Gasteiger partial charge is 0.460 e. The zero-order chi connectivity index (χ0) is 23.1. The molecule has 2 saturated carbocycles. The Morgan fingerprint density at radius 3 is 2.52 bits per heavy atom. The molecule has 0 bridgehead atoms. The van der Waals surface area contributed by atoms with E-state index in [0.29, 0.717) is 18.4 Å². The Balaban J connectivity index is 2.04. The number of carbonyl (C=O) groups is 3. The molecule has 3 fully saturated rings. The van der Waals surface area contributed by atoms with Gasteiger partial charge in [0.05, 0.1) is 5.92 Å². The molecule has 0 aromatic carbocycles. The molecule has 172 valence electrons. The van der Waals surface area contributed by atoms with Crippen molar-refractivity contribution in [2.75, 3.05) is 12.9 Å². The molecular formula is C23H32O7S. The van der Waals surface area contributed by atoms with Crippen LogP contribution in [-0.4, -0.2) is 47.2 Å². The highest BCUT2D eigenvalue weighted by Gasteiger charge is 2.72. The van der Waals surface area contributed by atoms with Crippen LogP contribution in [0.5, 0.6) is 0 Å². The van der Waals surface area contributed by atoms with E-state index in [4.69, 9.17) is 14.2 Å². The lowest BCUT2D eigenvalue weighted by atomic mass is 9.61. The second kappa shape index (κ2) is 8.52. The molecular weight excluding hydrogens is 420 g/mol. The lowest BCUT2D eigenvalue weighted by molar-refractivity contribution is -0.176. The summed E-state index contributed by atoms with van der Waals surface area (Å²) in [6.45, 7) is 11.9. The molecule has 8 heteroatoms. The van der Waals surface area contributed by atoms with Gasteiger partial charge in [-0.05, 0) is 36.2 Å². The van der Waals surface area contributed by atoms with Crippen molar-refractivity contribution in [3.8, 4) is 0 Å². The van der Waals surface area contributed by atoms with Crippen molar-refractivity contribution in [1.82, 2.24) is 0 Å². The Labute approximate surface area is 186 Å². The van der Waals surface area contributed by atoms with Crippen LogP contribution < -0.4 is 0 Å². The third kappa shape index (κ3) is 3.99. The van der Waals surface area contributed by atoms with Gasteiger partial charge in [-0.3, -0.25) is 13.8 Å². The summed E-state index contributed by atoms with van der Waals surface area (Å²) >= 11 is 0. The van der Waals surface area contributed by atoms with Crippen LogP contribution in [0.25, 0.3) is 0 Å². The van der Waals surface area contributed by atoms with Gasteiger partial charge in [0.25, 0.3) is 0 Å². The van der Waals surface area contributed by atoms with Crippen molar-refractivity contribution in [3.05, 3.63) is 23.6 Å². The minimum Gasteiger partial charge on any atom is -0.460 e. The minimum atomic E-state index is -1.27. The van der Waals surface area contributed by atoms with Gasteiger partial charge in [-0.1, -0.05) is 34.3 Å². The van der Waals surface area contributed by atoms with E-state index in [1.807, 2.05) is 0 Å². The first kappa shape index (κ1) is 23.7. The van der Waals surface area contributed by atoms with Crippen molar-refractivity contribution in [1.29, 1.82) is 0 Å². The zero-order valence-corrected chi connectivity index (χ0v) is 19.7. The number of cyclic esters (lactones) is 1. The highest BCUT2D eigenvalue weighted by atomic mass is 32.2. The highest BCUT2D eigenvalue weighted by Crippen LogP contribution is 2.66. The molecule has 1 heterocycles. The van der Waals surface area contributed by atoms with Crippen LogP contribution in [-0.2, 0) is 39.4 Å². The van der Waals surface area contributed by atoms with Gasteiger partial charge in [0.15, 0.2) is 0 Å². The quantitative estimate of drug-likeness (QED) is 0.274. The fourth-order valence-electron chi connectivity index (χ4n) is 5.49.